The van der Waals surface area contributed by atoms with Gasteiger partial charge in [0.1, 0.15) is 5.82 Å². The number of benzene rings is 1. The molecule has 15 heavy (non-hydrogen) atoms. The highest BCUT2D eigenvalue weighted by atomic mass is 19.1. The summed E-state index contributed by atoms with van der Waals surface area (Å²) in [6, 6.07) is 3.66. The summed E-state index contributed by atoms with van der Waals surface area (Å²) in [7, 11) is 0. The summed E-state index contributed by atoms with van der Waals surface area (Å²) in [5, 5.41) is 3.36. The van der Waals surface area contributed by atoms with E-state index < -0.39 is 0 Å². The predicted octanol–water partition coefficient (Wildman–Crippen LogP) is 2.59. The van der Waals surface area contributed by atoms with Crippen molar-refractivity contribution in [2.24, 2.45) is 5.92 Å². The second-order valence-corrected chi connectivity index (χ2v) is 4.59. The van der Waals surface area contributed by atoms with Crippen LogP contribution in [0.5, 0.6) is 0 Å². The molecule has 0 bridgehead atoms. The van der Waals surface area contributed by atoms with Crippen LogP contribution in [0.15, 0.2) is 12.1 Å². The molecule has 0 spiro atoms. The highest BCUT2D eigenvalue weighted by Gasteiger charge is 2.16. The lowest BCUT2D eigenvalue weighted by molar-refractivity contribution is 0.574. The van der Waals surface area contributed by atoms with Crippen molar-refractivity contribution >= 4 is 0 Å². The molecule has 1 aliphatic heterocycles. The average molecular weight is 207 g/mol. The van der Waals surface area contributed by atoms with Gasteiger partial charge in [0, 0.05) is 0 Å². The minimum Gasteiger partial charge on any atom is -0.316 e. The summed E-state index contributed by atoms with van der Waals surface area (Å²) >= 11 is 0. The van der Waals surface area contributed by atoms with Crippen LogP contribution in [0, 0.1) is 25.6 Å². The number of nitrogens with one attached hydrogen (secondary N) is 1. The van der Waals surface area contributed by atoms with Crippen LogP contribution in [0.25, 0.3) is 0 Å². The van der Waals surface area contributed by atoms with Crippen LogP contribution in [0.2, 0.25) is 0 Å². The van der Waals surface area contributed by atoms with Crippen LogP contribution in [0.1, 0.15) is 23.1 Å². The molecule has 1 nitrogen and oxygen atoms in total. The van der Waals surface area contributed by atoms with E-state index in [0.29, 0.717) is 0 Å². The fourth-order valence-corrected chi connectivity index (χ4v) is 2.26. The Morgan fingerprint density at radius 3 is 2.80 bits per heavy atom. The molecule has 0 radical (unpaired) electrons. The van der Waals surface area contributed by atoms with Crippen LogP contribution in [0.3, 0.4) is 0 Å². The van der Waals surface area contributed by atoms with Crippen LogP contribution in [-0.4, -0.2) is 13.1 Å². The third kappa shape index (κ3) is 2.37. The molecule has 1 atom stereocenters. The molecule has 1 aromatic carbocycles. The molecule has 1 aliphatic rings. The van der Waals surface area contributed by atoms with Gasteiger partial charge in [-0.2, -0.15) is 0 Å². The Morgan fingerprint density at radius 2 is 2.13 bits per heavy atom. The maximum Gasteiger partial charge on any atom is 0.126 e. The molecule has 2 rings (SSSR count). The zero-order chi connectivity index (χ0) is 10.8. The molecule has 2 heteroatoms. The van der Waals surface area contributed by atoms with Crippen LogP contribution < -0.4 is 5.32 Å². The largest absolute Gasteiger partial charge is 0.316 e. The van der Waals surface area contributed by atoms with Crippen molar-refractivity contribution in [1.29, 1.82) is 0 Å². The van der Waals surface area contributed by atoms with Crippen molar-refractivity contribution in [2.45, 2.75) is 26.7 Å². The van der Waals surface area contributed by atoms with Gasteiger partial charge in [-0.05, 0) is 68.5 Å². The minimum absolute atomic E-state index is 0.0826. The molecule has 0 aromatic heterocycles. The van der Waals surface area contributed by atoms with Crippen molar-refractivity contribution in [2.75, 3.05) is 13.1 Å². The van der Waals surface area contributed by atoms with Gasteiger partial charge in [-0.25, -0.2) is 4.39 Å². The smallest absolute Gasteiger partial charge is 0.126 e. The van der Waals surface area contributed by atoms with Crippen molar-refractivity contribution in [3.63, 3.8) is 0 Å². The molecule has 0 aliphatic carbocycles. The molecule has 1 aromatic rings. The first-order valence-electron chi connectivity index (χ1n) is 5.63. The number of hydrogen-bond acceptors (Lipinski definition) is 1. The molecule has 82 valence electrons. The van der Waals surface area contributed by atoms with Gasteiger partial charge in [-0.1, -0.05) is 6.07 Å². The number of halogens is 1. The van der Waals surface area contributed by atoms with Crippen LogP contribution in [-0.2, 0) is 6.42 Å². The topological polar surface area (TPSA) is 12.0 Å². The van der Waals surface area contributed by atoms with Crippen LogP contribution >= 0.6 is 0 Å². The summed E-state index contributed by atoms with van der Waals surface area (Å²) in [6.07, 6.45) is 2.33. The first kappa shape index (κ1) is 10.6. The van der Waals surface area contributed by atoms with Gasteiger partial charge < -0.3 is 5.32 Å². The molecule has 1 unspecified atom stereocenters. The zero-order valence-electron chi connectivity index (χ0n) is 9.44. The predicted molar refractivity (Wildman–Crippen MR) is 60.6 cm³/mol. The molecule has 1 heterocycles. The number of hydrogen-bond donors (Lipinski definition) is 1. The summed E-state index contributed by atoms with van der Waals surface area (Å²) < 4.78 is 13.3. The molecule has 0 amide bonds. The van der Waals surface area contributed by atoms with Crippen molar-refractivity contribution in [3.8, 4) is 0 Å². The monoisotopic (exact) mass is 207 g/mol. The third-order valence-corrected chi connectivity index (χ3v) is 3.29. The van der Waals surface area contributed by atoms with Crippen molar-refractivity contribution in [1.82, 2.24) is 5.32 Å². The third-order valence-electron chi connectivity index (χ3n) is 3.29. The highest BCUT2D eigenvalue weighted by Crippen LogP contribution is 2.20. The van der Waals surface area contributed by atoms with Crippen molar-refractivity contribution in [3.05, 3.63) is 34.6 Å². The van der Waals surface area contributed by atoms with Gasteiger partial charge in [0.15, 0.2) is 0 Å². The molecule has 1 N–H and O–H groups in total. The van der Waals surface area contributed by atoms with Gasteiger partial charge >= 0.3 is 0 Å². The molecule has 1 saturated heterocycles. The fourth-order valence-electron chi connectivity index (χ4n) is 2.26. The Balaban J connectivity index is 2.16. The van der Waals surface area contributed by atoms with E-state index in [1.165, 1.54) is 12.0 Å². The fraction of sp³-hybridized carbons (Fsp3) is 0.538. The Labute approximate surface area is 90.7 Å². The zero-order valence-corrected chi connectivity index (χ0v) is 9.44. The quantitative estimate of drug-likeness (QED) is 0.786. The number of rotatable bonds is 2. The lowest BCUT2D eigenvalue weighted by Gasteiger charge is -2.12. The second kappa shape index (κ2) is 4.31. The van der Waals surface area contributed by atoms with Gasteiger partial charge in [-0.3, -0.25) is 0 Å². The minimum atomic E-state index is -0.0826. The van der Waals surface area contributed by atoms with E-state index in [0.717, 1.165) is 36.6 Å². The molecule has 1 fully saturated rings. The first-order chi connectivity index (χ1) is 7.16. The Morgan fingerprint density at radius 1 is 1.33 bits per heavy atom. The van der Waals surface area contributed by atoms with E-state index in [9.17, 15) is 4.39 Å². The van der Waals surface area contributed by atoms with Gasteiger partial charge in [-0.15, -0.1) is 0 Å². The summed E-state index contributed by atoms with van der Waals surface area (Å²) in [4.78, 5) is 0. The lowest BCUT2D eigenvalue weighted by Crippen LogP contribution is -2.11. The summed E-state index contributed by atoms with van der Waals surface area (Å²) in [5.41, 5.74) is 3.16. The normalized spacial score (nSPS) is 20.9. The molecule has 0 saturated carbocycles. The van der Waals surface area contributed by atoms with E-state index >= 15 is 0 Å². The molecular formula is C13H18FN. The van der Waals surface area contributed by atoms with Gasteiger partial charge in [0.05, 0.1) is 0 Å². The average Bonchev–Trinajstić information content (AvgIpc) is 2.67. The Hall–Kier alpha value is -0.890. The van der Waals surface area contributed by atoms with Crippen molar-refractivity contribution < 1.29 is 4.39 Å². The standard InChI is InChI=1S/C13H18FN/c1-9-6-13(14)10(2)5-12(9)7-11-3-4-15-8-11/h5-6,11,15H,3-4,7-8H2,1-2H3. The maximum absolute atomic E-state index is 13.3. The highest BCUT2D eigenvalue weighted by molar-refractivity contribution is 5.32. The first-order valence-corrected chi connectivity index (χ1v) is 5.63. The summed E-state index contributed by atoms with van der Waals surface area (Å²) in [5.74, 6) is 0.648. The number of aryl methyl sites for hydroxylation is 2. The summed E-state index contributed by atoms with van der Waals surface area (Å²) in [6.45, 7) is 6.07. The van der Waals surface area contributed by atoms with Crippen LogP contribution in [0.4, 0.5) is 4.39 Å². The Kier molecular flexibility index (Phi) is 3.06. The van der Waals surface area contributed by atoms with Gasteiger partial charge in [0.25, 0.3) is 0 Å². The van der Waals surface area contributed by atoms with E-state index in [1.54, 1.807) is 6.07 Å². The van der Waals surface area contributed by atoms with E-state index in [-0.39, 0.29) is 5.82 Å². The second-order valence-electron chi connectivity index (χ2n) is 4.59. The lowest BCUT2D eigenvalue weighted by atomic mass is 9.94. The SMILES string of the molecule is Cc1cc(CC2CCNC2)c(C)cc1F. The molecular weight excluding hydrogens is 189 g/mol. The Bertz CT molecular complexity index is 354. The van der Waals surface area contributed by atoms with E-state index in [1.807, 2.05) is 19.9 Å². The van der Waals surface area contributed by atoms with Gasteiger partial charge in [0.2, 0.25) is 0 Å². The van der Waals surface area contributed by atoms with E-state index in [2.05, 4.69) is 5.32 Å². The van der Waals surface area contributed by atoms with E-state index in [4.69, 9.17) is 0 Å². The maximum atomic E-state index is 13.3.